The first-order chi connectivity index (χ1) is 18.5. The van der Waals surface area contributed by atoms with Crippen LogP contribution in [0.2, 0.25) is 0 Å². The van der Waals surface area contributed by atoms with Crippen molar-refractivity contribution in [2.75, 3.05) is 0 Å². The summed E-state index contributed by atoms with van der Waals surface area (Å²) >= 11 is 0. The van der Waals surface area contributed by atoms with E-state index >= 15 is 0 Å². The van der Waals surface area contributed by atoms with E-state index in [1.807, 2.05) is 45.1 Å². The molecular formula is C34H52O5. The Balaban J connectivity index is 2.70. The fraction of sp³-hybridized carbons (Fsp3) is 0.588. The van der Waals surface area contributed by atoms with Crippen molar-refractivity contribution in [1.82, 2.24) is 0 Å². The molecule has 0 fully saturated rings. The topological polar surface area (TPSA) is 72.8 Å². The third-order valence-electron chi connectivity index (χ3n) is 6.83. The largest absolute Gasteiger partial charge is 0.462 e. The maximum Gasteiger partial charge on any atom is 0.331 e. The lowest BCUT2D eigenvalue weighted by Crippen LogP contribution is -2.26. The van der Waals surface area contributed by atoms with Crippen molar-refractivity contribution in [1.29, 1.82) is 0 Å². The molecule has 0 radical (unpaired) electrons. The van der Waals surface area contributed by atoms with E-state index in [9.17, 15) is 14.7 Å². The second-order valence-electron chi connectivity index (χ2n) is 11.2. The third-order valence-corrected chi connectivity index (χ3v) is 6.83. The van der Waals surface area contributed by atoms with Gasteiger partial charge in [-0.3, -0.25) is 4.79 Å². The van der Waals surface area contributed by atoms with Gasteiger partial charge in [0.25, 0.3) is 0 Å². The molecular weight excluding hydrogens is 488 g/mol. The normalized spacial score (nSPS) is 23.6. The lowest BCUT2D eigenvalue weighted by molar-refractivity contribution is -0.151. The van der Waals surface area contributed by atoms with Crippen molar-refractivity contribution >= 4 is 11.9 Å². The number of allylic oxidation sites excluding steroid dienone is 9. The predicted molar refractivity (Wildman–Crippen MR) is 161 cm³/mol. The summed E-state index contributed by atoms with van der Waals surface area (Å²) in [5, 5.41) is 9.86. The number of rotatable bonds is 11. The molecule has 1 rings (SSSR count). The van der Waals surface area contributed by atoms with Gasteiger partial charge in [-0.1, -0.05) is 99.4 Å². The van der Waals surface area contributed by atoms with Gasteiger partial charge >= 0.3 is 11.9 Å². The van der Waals surface area contributed by atoms with Crippen LogP contribution in [0.25, 0.3) is 0 Å². The van der Waals surface area contributed by atoms with Gasteiger partial charge in [0.15, 0.2) is 0 Å². The maximum atomic E-state index is 12.6. The molecule has 0 aromatic heterocycles. The van der Waals surface area contributed by atoms with Crippen LogP contribution in [0.15, 0.2) is 71.4 Å². The molecule has 0 bridgehead atoms. The van der Waals surface area contributed by atoms with Gasteiger partial charge in [-0.2, -0.15) is 0 Å². The fourth-order valence-corrected chi connectivity index (χ4v) is 4.32. The number of aliphatic hydroxyl groups is 1. The van der Waals surface area contributed by atoms with Crippen molar-refractivity contribution in [3.8, 4) is 0 Å². The van der Waals surface area contributed by atoms with Crippen molar-refractivity contribution in [3.05, 3.63) is 71.4 Å². The summed E-state index contributed by atoms with van der Waals surface area (Å²) in [6, 6.07) is 0. The van der Waals surface area contributed by atoms with Crippen molar-refractivity contribution in [2.24, 2.45) is 11.8 Å². The summed E-state index contributed by atoms with van der Waals surface area (Å²) in [4.78, 5) is 24.9. The lowest BCUT2D eigenvalue weighted by Gasteiger charge is -2.24. The average Bonchev–Trinajstić information content (AvgIpc) is 2.86. The van der Waals surface area contributed by atoms with E-state index in [-0.39, 0.29) is 42.1 Å². The molecule has 1 aliphatic heterocycles. The smallest absolute Gasteiger partial charge is 0.331 e. The molecule has 0 aliphatic carbocycles. The van der Waals surface area contributed by atoms with Crippen LogP contribution in [-0.4, -0.2) is 35.4 Å². The zero-order valence-electron chi connectivity index (χ0n) is 25.3. The van der Waals surface area contributed by atoms with E-state index in [1.54, 1.807) is 6.08 Å². The van der Waals surface area contributed by atoms with Gasteiger partial charge in [-0.05, 0) is 64.7 Å². The molecule has 5 nitrogen and oxygen atoms in total. The number of hydrogen-bond donors (Lipinski definition) is 1. The minimum atomic E-state index is -0.370. The Kier molecular flexibility index (Phi) is 17.1. The van der Waals surface area contributed by atoms with Gasteiger partial charge in [0.1, 0.15) is 12.2 Å². The quantitative estimate of drug-likeness (QED) is 0.124. The van der Waals surface area contributed by atoms with E-state index < -0.39 is 0 Å². The number of carbonyl (C=O) groups is 2. The van der Waals surface area contributed by atoms with Gasteiger partial charge in [0, 0.05) is 18.9 Å². The Morgan fingerprint density at radius 1 is 1.10 bits per heavy atom. The first-order valence-electron chi connectivity index (χ1n) is 14.6. The van der Waals surface area contributed by atoms with Gasteiger partial charge in [0.2, 0.25) is 0 Å². The molecule has 0 aromatic carbocycles. The zero-order chi connectivity index (χ0) is 29.2. The number of carbonyl (C=O) groups excluding carboxylic acids is 2. The molecule has 5 heteroatoms. The van der Waals surface area contributed by atoms with Gasteiger partial charge in [-0.25, -0.2) is 4.79 Å². The summed E-state index contributed by atoms with van der Waals surface area (Å²) < 4.78 is 11.5. The van der Waals surface area contributed by atoms with Gasteiger partial charge in [0.05, 0.1) is 6.10 Å². The van der Waals surface area contributed by atoms with Crippen LogP contribution in [0.3, 0.4) is 0 Å². The predicted octanol–water partition coefficient (Wildman–Crippen LogP) is 8.12. The molecule has 0 aromatic rings. The summed E-state index contributed by atoms with van der Waals surface area (Å²) in [6.07, 6.45) is 22.5. The molecule has 39 heavy (non-hydrogen) atoms. The SMILES string of the molecule is CCC[C@H](O)CC=C(C)C=CC=C(C)C=C(C)C=CC(=O)O[C@H]1CCCC(=O)O[C@@H](C(C)C)CC=CC[C@@H]1C. The molecule has 1 aliphatic rings. The van der Waals surface area contributed by atoms with Crippen LogP contribution in [0.4, 0.5) is 0 Å². The van der Waals surface area contributed by atoms with Crippen molar-refractivity contribution < 1.29 is 24.2 Å². The molecule has 0 saturated carbocycles. The van der Waals surface area contributed by atoms with Gasteiger partial charge in [-0.15, -0.1) is 0 Å². The van der Waals surface area contributed by atoms with Crippen LogP contribution in [0, 0.1) is 11.8 Å². The van der Waals surface area contributed by atoms with Crippen molar-refractivity contribution in [2.45, 2.75) is 118 Å². The second-order valence-corrected chi connectivity index (χ2v) is 11.2. The standard InChI is InChI=1S/C34H52O5/c1-8-13-30(35)22-20-26(4)14-11-15-27(5)24-28(6)21-23-34(37)39-32-18-12-19-33(36)38-31(25(2)3)17-10-9-16-29(32)7/h9-11,14-15,20-21,23-25,29-32,35H,8,12-13,16-19,22H2,1-7H3/t29-,30-,31+,32-/m0/s1. The summed E-state index contributed by atoms with van der Waals surface area (Å²) in [5.41, 5.74) is 3.12. The minimum Gasteiger partial charge on any atom is -0.462 e. The van der Waals surface area contributed by atoms with E-state index in [0.717, 1.165) is 36.0 Å². The average molecular weight is 541 g/mol. The molecule has 4 atom stereocenters. The molecule has 218 valence electrons. The molecule has 1 N–H and O–H groups in total. The van der Waals surface area contributed by atoms with Crippen LogP contribution in [-0.2, 0) is 19.1 Å². The molecule has 0 saturated heterocycles. The summed E-state index contributed by atoms with van der Waals surface area (Å²) in [7, 11) is 0. The first-order valence-corrected chi connectivity index (χ1v) is 14.6. The van der Waals surface area contributed by atoms with E-state index in [2.05, 4.69) is 45.9 Å². The van der Waals surface area contributed by atoms with Crippen LogP contribution >= 0.6 is 0 Å². The highest BCUT2D eigenvalue weighted by Crippen LogP contribution is 2.22. The molecule has 0 unspecified atom stereocenters. The monoisotopic (exact) mass is 540 g/mol. The number of hydrogen-bond acceptors (Lipinski definition) is 5. The molecule has 0 spiro atoms. The minimum absolute atomic E-state index is 0.0932. The zero-order valence-corrected chi connectivity index (χ0v) is 25.3. The first kappa shape index (κ1) is 34.4. The Hall–Kier alpha value is -2.66. The third kappa shape index (κ3) is 16.1. The number of aliphatic hydroxyl groups excluding tert-OH is 1. The summed E-state index contributed by atoms with van der Waals surface area (Å²) in [6.45, 7) is 14.3. The highest BCUT2D eigenvalue weighted by molar-refractivity contribution is 5.82. The number of ether oxygens (including phenoxy) is 2. The summed E-state index contributed by atoms with van der Waals surface area (Å²) in [5.74, 6) is -0.121. The van der Waals surface area contributed by atoms with Gasteiger partial charge < -0.3 is 14.6 Å². The Morgan fingerprint density at radius 2 is 1.82 bits per heavy atom. The van der Waals surface area contributed by atoms with Crippen molar-refractivity contribution in [3.63, 3.8) is 0 Å². The highest BCUT2D eigenvalue weighted by Gasteiger charge is 2.23. The molecule has 1 heterocycles. The van der Waals surface area contributed by atoms with E-state index in [0.29, 0.717) is 32.1 Å². The Labute approximate surface area is 237 Å². The second kappa shape index (κ2) is 19.4. The van der Waals surface area contributed by atoms with E-state index in [4.69, 9.17) is 9.47 Å². The van der Waals surface area contributed by atoms with Crippen LogP contribution in [0.1, 0.15) is 99.8 Å². The molecule has 0 amide bonds. The highest BCUT2D eigenvalue weighted by atomic mass is 16.5. The van der Waals surface area contributed by atoms with Crippen LogP contribution in [0.5, 0.6) is 0 Å². The fourth-order valence-electron chi connectivity index (χ4n) is 4.32. The Morgan fingerprint density at radius 3 is 2.51 bits per heavy atom. The van der Waals surface area contributed by atoms with Crippen LogP contribution < -0.4 is 0 Å². The number of esters is 2. The number of cyclic esters (lactones) is 1. The maximum absolute atomic E-state index is 12.6. The lowest BCUT2D eigenvalue weighted by atomic mass is 9.94. The van der Waals surface area contributed by atoms with E-state index in [1.165, 1.54) is 6.08 Å². The Bertz CT molecular complexity index is 931.